The van der Waals surface area contributed by atoms with E-state index in [0.717, 1.165) is 31.7 Å². The van der Waals surface area contributed by atoms with Crippen LogP contribution in [0, 0.1) is 18.8 Å². The maximum Gasteiger partial charge on any atom is 0.257 e. The van der Waals surface area contributed by atoms with Gasteiger partial charge in [-0.15, -0.1) is 0 Å². The number of pyridine rings is 1. The Labute approximate surface area is 197 Å². The summed E-state index contributed by atoms with van der Waals surface area (Å²) >= 11 is 0. The second kappa shape index (κ2) is 11.3. The fraction of sp³-hybridized carbons (Fsp3) is 0.500. The third kappa shape index (κ3) is 6.78. The summed E-state index contributed by atoms with van der Waals surface area (Å²) in [4.78, 5) is 35.3. The molecular formula is C26H37N5O2. The monoisotopic (exact) mass is 451 g/mol. The lowest BCUT2D eigenvalue weighted by Gasteiger charge is -2.32. The zero-order chi connectivity index (χ0) is 24.0. The highest BCUT2D eigenvalue weighted by atomic mass is 16.2. The van der Waals surface area contributed by atoms with Gasteiger partial charge in [-0.05, 0) is 37.0 Å². The van der Waals surface area contributed by atoms with Gasteiger partial charge in [-0.3, -0.25) is 9.59 Å². The summed E-state index contributed by atoms with van der Waals surface area (Å²) < 4.78 is 0. The van der Waals surface area contributed by atoms with Crippen molar-refractivity contribution >= 4 is 23.3 Å². The van der Waals surface area contributed by atoms with Crippen molar-refractivity contribution in [1.82, 2.24) is 15.2 Å². The van der Waals surface area contributed by atoms with Gasteiger partial charge in [0.25, 0.3) is 11.8 Å². The molecule has 3 rings (SSSR count). The molecule has 0 aliphatic carbocycles. The highest BCUT2D eigenvalue weighted by molar-refractivity contribution is 6.06. The fourth-order valence-electron chi connectivity index (χ4n) is 4.01. The molecule has 1 aliphatic heterocycles. The Balaban J connectivity index is 1.93. The molecule has 0 saturated carbocycles. The quantitative estimate of drug-likeness (QED) is 0.638. The van der Waals surface area contributed by atoms with Crippen LogP contribution >= 0.6 is 0 Å². The van der Waals surface area contributed by atoms with Gasteiger partial charge in [0.15, 0.2) is 0 Å². The second-order valence-electron chi connectivity index (χ2n) is 9.65. The highest BCUT2D eigenvalue weighted by Crippen LogP contribution is 2.25. The van der Waals surface area contributed by atoms with Gasteiger partial charge in [-0.2, -0.15) is 0 Å². The largest absolute Gasteiger partial charge is 0.353 e. The average Bonchev–Trinajstić information content (AvgIpc) is 2.78. The molecule has 178 valence electrons. The lowest BCUT2D eigenvalue weighted by molar-refractivity contribution is 0.0715. The van der Waals surface area contributed by atoms with Crippen molar-refractivity contribution in [2.45, 2.75) is 34.6 Å². The number of nitrogens with one attached hydrogen (secondary N) is 2. The van der Waals surface area contributed by atoms with E-state index in [1.165, 1.54) is 0 Å². The predicted molar refractivity (Wildman–Crippen MR) is 134 cm³/mol. The number of hydrogen-bond donors (Lipinski definition) is 2. The van der Waals surface area contributed by atoms with Gasteiger partial charge >= 0.3 is 0 Å². The van der Waals surface area contributed by atoms with Crippen molar-refractivity contribution in [3.63, 3.8) is 0 Å². The minimum atomic E-state index is -0.216. The van der Waals surface area contributed by atoms with E-state index < -0.39 is 0 Å². The van der Waals surface area contributed by atoms with Crippen molar-refractivity contribution in [3.05, 3.63) is 53.2 Å². The molecule has 2 heterocycles. The summed E-state index contributed by atoms with van der Waals surface area (Å²) in [6.45, 7) is 15.1. The number of carbonyl (C=O) groups excluding carboxylic acids is 2. The lowest BCUT2D eigenvalue weighted by Crippen LogP contribution is -2.45. The van der Waals surface area contributed by atoms with Gasteiger partial charge in [0, 0.05) is 44.8 Å². The van der Waals surface area contributed by atoms with Gasteiger partial charge in [0.2, 0.25) is 0 Å². The van der Waals surface area contributed by atoms with Crippen LogP contribution in [0.3, 0.4) is 0 Å². The molecule has 2 aromatic rings. The fourth-order valence-corrected chi connectivity index (χ4v) is 4.01. The van der Waals surface area contributed by atoms with Crippen LogP contribution in [0.5, 0.6) is 0 Å². The van der Waals surface area contributed by atoms with Crippen LogP contribution in [0.4, 0.5) is 11.5 Å². The topological polar surface area (TPSA) is 77.6 Å². The SMILES string of the molecule is Cc1ccc(C(=O)Nc2cnc(N3CCNCC3)c(C(=O)N(CC(C)C)CC(C)C)c2)cc1. The summed E-state index contributed by atoms with van der Waals surface area (Å²) in [6, 6.07) is 9.20. The van der Waals surface area contributed by atoms with Crippen LogP contribution in [0.15, 0.2) is 36.5 Å². The zero-order valence-electron chi connectivity index (χ0n) is 20.5. The Morgan fingerprint density at radius 2 is 1.67 bits per heavy atom. The number of benzene rings is 1. The van der Waals surface area contributed by atoms with Crippen molar-refractivity contribution in [1.29, 1.82) is 0 Å². The molecule has 1 aliphatic rings. The first-order valence-corrected chi connectivity index (χ1v) is 11.9. The predicted octanol–water partition coefficient (Wildman–Crippen LogP) is 3.81. The van der Waals surface area contributed by atoms with E-state index in [2.05, 4.69) is 48.2 Å². The maximum absolute atomic E-state index is 13.8. The molecule has 0 radical (unpaired) electrons. The molecule has 1 aromatic carbocycles. The molecule has 0 atom stereocenters. The van der Waals surface area contributed by atoms with Crippen LogP contribution in [0.2, 0.25) is 0 Å². The zero-order valence-corrected chi connectivity index (χ0v) is 20.5. The van der Waals surface area contributed by atoms with Gasteiger partial charge in [0.05, 0.1) is 17.4 Å². The van der Waals surface area contributed by atoms with Crippen LogP contribution in [-0.4, -0.2) is 61.0 Å². The van der Waals surface area contributed by atoms with Crippen molar-refractivity contribution in [2.24, 2.45) is 11.8 Å². The van der Waals surface area contributed by atoms with Crippen LogP contribution in [0.1, 0.15) is 54.0 Å². The molecule has 2 amide bonds. The third-order valence-corrected chi connectivity index (χ3v) is 5.54. The van der Waals surface area contributed by atoms with Crippen LogP contribution in [0.25, 0.3) is 0 Å². The first-order chi connectivity index (χ1) is 15.7. The summed E-state index contributed by atoms with van der Waals surface area (Å²) in [5, 5.41) is 6.27. The van der Waals surface area contributed by atoms with Gasteiger partial charge in [0.1, 0.15) is 5.82 Å². The third-order valence-electron chi connectivity index (χ3n) is 5.54. The van der Waals surface area contributed by atoms with E-state index in [4.69, 9.17) is 0 Å². The van der Waals surface area contributed by atoms with Gasteiger partial charge < -0.3 is 20.4 Å². The summed E-state index contributed by atoms with van der Waals surface area (Å²) in [5.74, 6) is 1.14. The highest BCUT2D eigenvalue weighted by Gasteiger charge is 2.26. The minimum Gasteiger partial charge on any atom is -0.353 e. The number of amides is 2. The molecule has 1 saturated heterocycles. The smallest absolute Gasteiger partial charge is 0.257 e. The molecule has 1 aromatic heterocycles. The lowest BCUT2D eigenvalue weighted by atomic mass is 10.1. The number of piperazine rings is 1. The van der Waals surface area contributed by atoms with Crippen LogP contribution in [-0.2, 0) is 0 Å². The van der Waals surface area contributed by atoms with E-state index in [9.17, 15) is 9.59 Å². The van der Waals surface area contributed by atoms with Crippen molar-refractivity contribution < 1.29 is 9.59 Å². The molecule has 33 heavy (non-hydrogen) atoms. The van der Waals surface area contributed by atoms with Crippen molar-refractivity contribution in [2.75, 3.05) is 49.5 Å². The van der Waals surface area contributed by atoms with Crippen molar-refractivity contribution in [3.8, 4) is 0 Å². The number of aromatic nitrogens is 1. The number of carbonyl (C=O) groups is 2. The molecule has 2 N–H and O–H groups in total. The number of rotatable bonds is 8. The Morgan fingerprint density at radius 1 is 1.06 bits per heavy atom. The molecule has 1 fully saturated rings. The summed E-state index contributed by atoms with van der Waals surface area (Å²) in [7, 11) is 0. The number of anilines is 2. The van der Waals surface area contributed by atoms with E-state index in [1.807, 2.05) is 24.0 Å². The molecule has 7 heteroatoms. The summed E-state index contributed by atoms with van der Waals surface area (Å²) in [5.41, 5.74) is 2.73. The molecule has 0 unspecified atom stereocenters. The first kappa shape index (κ1) is 24.7. The van der Waals surface area contributed by atoms with Crippen LogP contribution < -0.4 is 15.5 Å². The first-order valence-electron chi connectivity index (χ1n) is 11.9. The van der Waals surface area contributed by atoms with Gasteiger partial charge in [-0.1, -0.05) is 45.4 Å². The summed E-state index contributed by atoms with van der Waals surface area (Å²) in [6.07, 6.45) is 1.65. The normalized spacial score (nSPS) is 14.0. The second-order valence-corrected chi connectivity index (χ2v) is 9.65. The van der Waals surface area contributed by atoms with E-state index in [1.54, 1.807) is 24.4 Å². The molecular weight excluding hydrogens is 414 g/mol. The van der Waals surface area contributed by atoms with E-state index >= 15 is 0 Å². The number of aryl methyl sites for hydroxylation is 1. The van der Waals surface area contributed by atoms with Gasteiger partial charge in [-0.25, -0.2) is 4.98 Å². The maximum atomic E-state index is 13.8. The Morgan fingerprint density at radius 3 is 2.24 bits per heavy atom. The average molecular weight is 452 g/mol. The Kier molecular flexibility index (Phi) is 8.44. The molecule has 0 spiro atoms. The number of hydrogen-bond acceptors (Lipinski definition) is 5. The molecule has 7 nitrogen and oxygen atoms in total. The standard InChI is InChI=1S/C26H37N5O2/c1-18(2)16-31(17-19(3)4)26(33)23-14-22(15-28-24(23)30-12-10-27-11-13-30)29-25(32)21-8-6-20(5)7-9-21/h6-9,14-15,18-19,27H,10-13,16-17H2,1-5H3,(H,29,32). The molecule has 0 bridgehead atoms. The Hall–Kier alpha value is -2.93. The number of nitrogens with zero attached hydrogens (tertiary/aromatic N) is 3. The minimum absolute atomic E-state index is 0.0372. The Bertz CT molecular complexity index is 940. The van der Waals surface area contributed by atoms with E-state index in [-0.39, 0.29) is 11.8 Å². The van der Waals surface area contributed by atoms with E-state index in [0.29, 0.717) is 47.6 Å².